The maximum atomic E-state index is 13.0. The van der Waals surface area contributed by atoms with E-state index in [1.807, 2.05) is 30.3 Å². The van der Waals surface area contributed by atoms with E-state index in [2.05, 4.69) is 5.32 Å². The lowest BCUT2D eigenvalue weighted by molar-refractivity contribution is -0.135. The topological polar surface area (TPSA) is 49.4 Å². The second-order valence-electron chi connectivity index (χ2n) is 6.25. The Balaban J connectivity index is 1.73. The van der Waals surface area contributed by atoms with Gasteiger partial charge in [0.15, 0.2) is 0 Å². The van der Waals surface area contributed by atoms with E-state index in [-0.39, 0.29) is 24.1 Å². The number of likely N-dealkylation sites (tertiary alicyclic amines) is 1. The number of carbonyl (C=O) groups excluding carboxylic acids is 2. The quantitative estimate of drug-likeness (QED) is 0.910. The highest BCUT2D eigenvalue weighted by Crippen LogP contribution is 2.19. The Bertz CT molecular complexity index is 725. The van der Waals surface area contributed by atoms with Gasteiger partial charge < -0.3 is 10.2 Å². The van der Waals surface area contributed by atoms with Crippen molar-refractivity contribution >= 4 is 11.8 Å². The first-order valence-electron chi connectivity index (χ1n) is 8.51. The van der Waals surface area contributed by atoms with Gasteiger partial charge >= 0.3 is 0 Å². The number of carbonyl (C=O) groups is 2. The number of nitrogens with one attached hydrogen (secondary N) is 1. The van der Waals surface area contributed by atoms with Crippen LogP contribution in [0.5, 0.6) is 0 Å². The molecule has 0 unspecified atom stereocenters. The number of rotatable bonds is 5. The molecule has 3 rings (SSSR count). The summed E-state index contributed by atoms with van der Waals surface area (Å²) < 4.78 is 13.0. The fourth-order valence-electron chi connectivity index (χ4n) is 3.05. The van der Waals surface area contributed by atoms with E-state index in [9.17, 15) is 14.0 Å². The molecule has 1 aliphatic rings. The van der Waals surface area contributed by atoms with Crippen molar-refractivity contribution in [2.24, 2.45) is 0 Å². The SMILES string of the molecule is O=C(Cc1ccc(F)cc1)N[C@H](C(=O)N1CCCC1)c1ccccc1. The largest absolute Gasteiger partial charge is 0.341 e. The molecule has 1 N–H and O–H groups in total. The third-order valence-electron chi connectivity index (χ3n) is 4.38. The molecule has 2 aromatic carbocycles. The van der Waals surface area contributed by atoms with Gasteiger partial charge in [-0.15, -0.1) is 0 Å². The molecular formula is C20H21FN2O2. The maximum absolute atomic E-state index is 13.0. The van der Waals surface area contributed by atoms with E-state index in [0.717, 1.165) is 31.5 Å². The van der Waals surface area contributed by atoms with Gasteiger partial charge in [-0.3, -0.25) is 9.59 Å². The van der Waals surface area contributed by atoms with Crippen molar-refractivity contribution in [1.29, 1.82) is 0 Å². The highest BCUT2D eigenvalue weighted by Gasteiger charge is 2.28. The molecule has 0 aromatic heterocycles. The van der Waals surface area contributed by atoms with Crippen LogP contribution in [0, 0.1) is 5.82 Å². The van der Waals surface area contributed by atoms with Crippen LogP contribution < -0.4 is 5.32 Å². The molecule has 4 nitrogen and oxygen atoms in total. The first kappa shape index (κ1) is 17.1. The third-order valence-corrected chi connectivity index (χ3v) is 4.38. The predicted octanol–water partition coefficient (Wildman–Crippen LogP) is 2.85. The number of hydrogen-bond donors (Lipinski definition) is 1. The molecule has 0 aliphatic carbocycles. The summed E-state index contributed by atoms with van der Waals surface area (Å²) in [6, 6.07) is 14.4. The standard InChI is InChI=1S/C20H21FN2O2/c21-17-10-8-15(9-11-17)14-18(24)22-19(16-6-2-1-3-7-16)20(25)23-12-4-5-13-23/h1-3,6-11,19H,4-5,12-14H2,(H,22,24)/t19-/m0/s1. The molecule has 0 saturated carbocycles. The van der Waals surface area contributed by atoms with E-state index in [4.69, 9.17) is 0 Å². The summed E-state index contributed by atoms with van der Waals surface area (Å²) in [5.74, 6) is -0.667. The number of hydrogen-bond acceptors (Lipinski definition) is 2. The van der Waals surface area contributed by atoms with Gasteiger partial charge in [0.25, 0.3) is 0 Å². The van der Waals surface area contributed by atoms with Crippen LogP contribution in [0.1, 0.15) is 30.0 Å². The monoisotopic (exact) mass is 340 g/mol. The molecule has 2 aromatic rings. The molecule has 25 heavy (non-hydrogen) atoms. The molecule has 0 radical (unpaired) electrons. The van der Waals surface area contributed by atoms with Gasteiger partial charge in [-0.05, 0) is 36.1 Å². The number of halogens is 1. The Labute approximate surface area is 146 Å². The van der Waals surface area contributed by atoms with Gasteiger partial charge in [-0.1, -0.05) is 42.5 Å². The summed E-state index contributed by atoms with van der Waals surface area (Å²) in [6.45, 7) is 1.46. The second-order valence-corrected chi connectivity index (χ2v) is 6.25. The molecule has 1 saturated heterocycles. The van der Waals surface area contributed by atoms with Crippen LogP contribution in [0.25, 0.3) is 0 Å². The minimum Gasteiger partial charge on any atom is -0.341 e. The van der Waals surface area contributed by atoms with Crippen molar-refractivity contribution in [1.82, 2.24) is 10.2 Å². The zero-order valence-electron chi connectivity index (χ0n) is 14.0. The lowest BCUT2D eigenvalue weighted by Crippen LogP contribution is -2.42. The van der Waals surface area contributed by atoms with Crippen LogP contribution >= 0.6 is 0 Å². The molecule has 5 heteroatoms. The summed E-state index contributed by atoms with van der Waals surface area (Å²) in [7, 11) is 0. The number of amides is 2. The van der Waals surface area contributed by atoms with Gasteiger partial charge in [-0.25, -0.2) is 4.39 Å². The fraction of sp³-hybridized carbons (Fsp3) is 0.300. The van der Waals surface area contributed by atoms with Gasteiger partial charge in [0.1, 0.15) is 11.9 Å². The Morgan fingerprint density at radius 2 is 1.64 bits per heavy atom. The summed E-state index contributed by atoms with van der Waals surface area (Å²) in [6.07, 6.45) is 2.10. The Morgan fingerprint density at radius 1 is 1.00 bits per heavy atom. The van der Waals surface area contributed by atoms with Crippen molar-refractivity contribution < 1.29 is 14.0 Å². The van der Waals surface area contributed by atoms with Crippen molar-refractivity contribution in [3.63, 3.8) is 0 Å². The maximum Gasteiger partial charge on any atom is 0.249 e. The van der Waals surface area contributed by atoms with Gasteiger partial charge in [0.05, 0.1) is 6.42 Å². The molecule has 130 valence electrons. The predicted molar refractivity (Wildman–Crippen MR) is 93.2 cm³/mol. The van der Waals surface area contributed by atoms with Crippen LogP contribution in [0.4, 0.5) is 4.39 Å². The average Bonchev–Trinajstić information content (AvgIpc) is 3.16. The highest BCUT2D eigenvalue weighted by molar-refractivity contribution is 5.89. The molecule has 1 fully saturated rings. The minimum absolute atomic E-state index is 0.0730. The minimum atomic E-state index is -0.688. The normalized spacial score (nSPS) is 15.0. The van der Waals surface area contributed by atoms with Crippen LogP contribution in [-0.4, -0.2) is 29.8 Å². The summed E-state index contributed by atoms with van der Waals surface area (Å²) in [5.41, 5.74) is 1.48. The Kier molecular flexibility index (Phi) is 5.43. The highest BCUT2D eigenvalue weighted by atomic mass is 19.1. The first-order valence-corrected chi connectivity index (χ1v) is 8.51. The molecule has 2 amide bonds. The average molecular weight is 340 g/mol. The van der Waals surface area contributed by atoms with Crippen molar-refractivity contribution in [2.45, 2.75) is 25.3 Å². The van der Waals surface area contributed by atoms with Crippen LogP contribution in [-0.2, 0) is 16.0 Å². The van der Waals surface area contributed by atoms with Crippen molar-refractivity contribution in [3.05, 3.63) is 71.5 Å². The fourth-order valence-corrected chi connectivity index (χ4v) is 3.05. The first-order chi connectivity index (χ1) is 12.1. The van der Waals surface area contributed by atoms with E-state index >= 15 is 0 Å². The van der Waals surface area contributed by atoms with Gasteiger partial charge in [0, 0.05) is 13.1 Å². The second kappa shape index (κ2) is 7.92. The molecule has 0 bridgehead atoms. The summed E-state index contributed by atoms with van der Waals surface area (Å²) in [4.78, 5) is 27.1. The van der Waals surface area contributed by atoms with Crippen molar-refractivity contribution in [2.75, 3.05) is 13.1 Å². The molecule has 1 heterocycles. The molecular weight excluding hydrogens is 319 g/mol. The molecule has 1 aliphatic heterocycles. The van der Waals surface area contributed by atoms with Crippen LogP contribution in [0.2, 0.25) is 0 Å². The Morgan fingerprint density at radius 3 is 2.28 bits per heavy atom. The van der Waals surface area contributed by atoms with E-state index < -0.39 is 6.04 Å². The van der Waals surface area contributed by atoms with Gasteiger partial charge in [0.2, 0.25) is 11.8 Å². The number of benzene rings is 2. The van der Waals surface area contributed by atoms with Crippen LogP contribution in [0.15, 0.2) is 54.6 Å². The van der Waals surface area contributed by atoms with E-state index in [0.29, 0.717) is 5.56 Å². The molecule has 0 spiro atoms. The number of nitrogens with zero attached hydrogens (tertiary/aromatic N) is 1. The lowest BCUT2D eigenvalue weighted by Gasteiger charge is -2.24. The smallest absolute Gasteiger partial charge is 0.249 e. The van der Waals surface area contributed by atoms with E-state index in [1.165, 1.54) is 12.1 Å². The zero-order chi connectivity index (χ0) is 17.6. The summed E-state index contributed by atoms with van der Waals surface area (Å²) >= 11 is 0. The zero-order valence-corrected chi connectivity index (χ0v) is 14.0. The Hall–Kier alpha value is -2.69. The van der Waals surface area contributed by atoms with Crippen LogP contribution in [0.3, 0.4) is 0 Å². The molecule has 1 atom stereocenters. The van der Waals surface area contributed by atoms with Gasteiger partial charge in [-0.2, -0.15) is 0 Å². The lowest BCUT2D eigenvalue weighted by atomic mass is 10.0. The third kappa shape index (κ3) is 4.44. The van der Waals surface area contributed by atoms with E-state index in [1.54, 1.807) is 17.0 Å². The summed E-state index contributed by atoms with van der Waals surface area (Å²) in [5, 5.41) is 2.85. The van der Waals surface area contributed by atoms with Crippen molar-refractivity contribution in [3.8, 4) is 0 Å².